The molecule has 2 aromatic carbocycles. The number of hydrogen-bond donors (Lipinski definition) is 0. The van der Waals surface area contributed by atoms with Crippen LogP contribution in [0.4, 0.5) is 0 Å². The molecule has 1 aliphatic rings. The Morgan fingerprint density at radius 2 is 1.57 bits per heavy atom. The first-order valence-electron chi connectivity index (χ1n) is 8.19. The molecule has 1 heterocycles. The molecule has 0 N–H and O–H groups in total. The normalized spacial score (nSPS) is 20.6. The molecule has 1 fully saturated rings. The van der Waals surface area contributed by atoms with E-state index in [2.05, 4.69) is 17.0 Å². The minimum atomic E-state index is -0.517. The van der Waals surface area contributed by atoms with Crippen molar-refractivity contribution >= 4 is 0 Å². The SMILES string of the molecule is CC.O=[N+]([O-])C1CN(Cc2ccccc2)CC1c1ccccc1. The van der Waals surface area contributed by atoms with Crippen molar-refractivity contribution in [3.8, 4) is 0 Å². The maximum Gasteiger partial charge on any atom is 0.233 e. The van der Waals surface area contributed by atoms with Crippen molar-refractivity contribution in [2.24, 2.45) is 0 Å². The van der Waals surface area contributed by atoms with Crippen LogP contribution in [0.25, 0.3) is 0 Å². The monoisotopic (exact) mass is 312 g/mol. The third kappa shape index (κ3) is 4.39. The number of hydrogen-bond acceptors (Lipinski definition) is 3. The molecule has 2 unspecified atom stereocenters. The van der Waals surface area contributed by atoms with Gasteiger partial charge in [0.2, 0.25) is 6.04 Å². The second kappa shape index (κ2) is 8.44. The van der Waals surface area contributed by atoms with Gasteiger partial charge in [-0.1, -0.05) is 74.5 Å². The molecule has 0 bridgehead atoms. The topological polar surface area (TPSA) is 46.4 Å². The predicted molar refractivity (Wildman–Crippen MR) is 93.0 cm³/mol. The number of nitro groups is 1. The van der Waals surface area contributed by atoms with Gasteiger partial charge in [0.1, 0.15) is 0 Å². The smallest absolute Gasteiger partial charge is 0.233 e. The lowest BCUT2D eigenvalue weighted by atomic mass is 9.95. The Morgan fingerprint density at radius 1 is 1.00 bits per heavy atom. The highest BCUT2D eigenvalue weighted by Crippen LogP contribution is 2.30. The third-order valence-corrected chi connectivity index (χ3v) is 4.11. The Balaban J connectivity index is 0.000000924. The predicted octanol–water partition coefficient (Wildman–Crippen LogP) is 3.96. The molecular weight excluding hydrogens is 288 g/mol. The Morgan fingerprint density at radius 3 is 2.13 bits per heavy atom. The highest BCUT2D eigenvalue weighted by atomic mass is 16.6. The standard InChI is InChI=1S/C17H18N2O2.C2H6/c20-19(21)17-13-18(11-14-7-3-1-4-8-14)12-16(17)15-9-5-2-6-10-15;1-2/h1-10,16-17H,11-13H2;1-2H3. The van der Waals surface area contributed by atoms with Crippen molar-refractivity contribution < 1.29 is 4.92 Å². The van der Waals surface area contributed by atoms with Gasteiger partial charge in [-0.25, -0.2) is 0 Å². The van der Waals surface area contributed by atoms with Crippen molar-refractivity contribution in [1.82, 2.24) is 4.90 Å². The summed E-state index contributed by atoms with van der Waals surface area (Å²) in [5.41, 5.74) is 2.27. The Bertz CT molecular complexity index is 601. The molecule has 122 valence electrons. The number of benzene rings is 2. The Labute approximate surface area is 137 Å². The number of likely N-dealkylation sites (tertiary alicyclic amines) is 1. The van der Waals surface area contributed by atoms with Crippen LogP contribution in [0.3, 0.4) is 0 Å². The summed E-state index contributed by atoms with van der Waals surface area (Å²) in [6.45, 7) is 6.03. The molecule has 0 spiro atoms. The molecule has 1 aliphatic heterocycles. The summed E-state index contributed by atoms with van der Waals surface area (Å²) in [6, 6.07) is 19.4. The van der Waals surface area contributed by atoms with E-state index in [1.54, 1.807) is 0 Å². The van der Waals surface area contributed by atoms with Gasteiger partial charge < -0.3 is 0 Å². The lowest BCUT2D eigenvalue weighted by molar-refractivity contribution is -0.521. The zero-order valence-electron chi connectivity index (χ0n) is 13.8. The summed E-state index contributed by atoms with van der Waals surface area (Å²) in [7, 11) is 0. The molecule has 0 amide bonds. The molecule has 1 saturated heterocycles. The van der Waals surface area contributed by atoms with Crippen LogP contribution in [0.2, 0.25) is 0 Å². The third-order valence-electron chi connectivity index (χ3n) is 4.11. The molecule has 0 aromatic heterocycles. The van der Waals surface area contributed by atoms with Crippen LogP contribution in [-0.4, -0.2) is 29.0 Å². The van der Waals surface area contributed by atoms with Crippen molar-refractivity contribution in [2.75, 3.05) is 13.1 Å². The average molecular weight is 312 g/mol. The maximum atomic E-state index is 11.4. The first-order valence-corrected chi connectivity index (χ1v) is 8.19. The highest BCUT2D eigenvalue weighted by molar-refractivity contribution is 5.23. The molecule has 3 rings (SSSR count). The lowest BCUT2D eigenvalue weighted by Gasteiger charge is -2.15. The zero-order chi connectivity index (χ0) is 16.7. The van der Waals surface area contributed by atoms with Gasteiger partial charge in [0, 0.05) is 18.0 Å². The van der Waals surface area contributed by atoms with Crippen LogP contribution in [0.15, 0.2) is 60.7 Å². The van der Waals surface area contributed by atoms with Gasteiger partial charge in [0.05, 0.1) is 12.5 Å². The van der Waals surface area contributed by atoms with Gasteiger partial charge in [0.25, 0.3) is 0 Å². The second-order valence-electron chi connectivity index (χ2n) is 5.55. The van der Waals surface area contributed by atoms with Gasteiger partial charge in [-0.05, 0) is 11.1 Å². The lowest BCUT2D eigenvalue weighted by Crippen LogP contribution is -2.28. The number of rotatable bonds is 4. The van der Waals surface area contributed by atoms with Crippen LogP contribution in [0.5, 0.6) is 0 Å². The summed E-state index contributed by atoms with van der Waals surface area (Å²) >= 11 is 0. The van der Waals surface area contributed by atoms with Crippen LogP contribution >= 0.6 is 0 Å². The molecular formula is C19H24N2O2. The van der Waals surface area contributed by atoms with Crippen molar-refractivity contribution in [2.45, 2.75) is 32.4 Å². The van der Waals surface area contributed by atoms with Gasteiger partial charge in [-0.15, -0.1) is 0 Å². The van der Waals surface area contributed by atoms with E-state index in [1.807, 2.05) is 62.4 Å². The van der Waals surface area contributed by atoms with E-state index in [9.17, 15) is 10.1 Å². The molecule has 0 saturated carbocycles. The van der Waals surface area contributed by atoms with Crippen molar-refractivity contribution in [1.29, 1.82) is 0 Å². The molecule has 2 atom stereocenters. The summed E-state index contributed by atoms with van der Waals surface area (Å²) in [5.74, 6) is -0.0232. The summed E-state index contributed by atoms with van der Waals surface area (Å²) in [6.07, 6.45) is 0. The zero-order valence-corrected chi connectivity index (χ0v) is 13.8. The van der Waals surface area contributed by atoms with Gasteiger partial charge in [-0.3, -0.25) is 15.0 Å². The first kappa shape index (κ1) is 17.2. The summed E-state index contributed by atoms with van der Waals surface area (Å²) in [4.78, 5) is 13.4. The van der Waals surface area contributed by atoms with Crippen LogP contribution < -0.4 is 0 Å². The second-order valence-corrected chi connectivity index (χ2v) is 5.55. The van der Waals surface area contributed by atoms with E-state index >= 15 is 0 Å². The van der Waals surface area contributed by atoms with Crippen molar-refractivity contribution in [3.05, 3.63) is 81.9 Å². The largest absolute Gasteiger partial charge is 0.292 e. The minimum Gasteiger partial charge on any atom is -0.292 e. The first-order chi connectivity index (χ1) is 11.2. The molecule has 0 aliphatic carbocycles. The molecule has 2 aromatic rings. The van der Waals surface area contributed by atoms with E-state index in [0.717, 1.165) is 18.7 Å². The molecule has 4 nitrogen and oxygen atoms in total. The molecule has 23 heavy (non-hydrogen) atoms. The Hall–Kier alpha value is -2.20. The molecule has 0 radical (unpaired) electrons. The fourth-order valence-corrected chi connectivity index (χ4v) is 3.08. The number of nitrogens with zero attached hydrogens (tertiary/aromatic N) is 2. The van der Waals surface area contributed by atoms with E-state index in [1.165, 1.54) is 5.56 Å². The van der Waals surface area contributed by atoms with E-state index in [-0.39, 0.29) is 10.8 Å². The Kier molecular flexibility index (Phi) is 6.29. The molecule has 4 heteroatoms. The van der Waals surface area contributed by atoms with Gasteiger partial charge in [-0.2, -0.15) is 0 Å². The fourth-order valence-electron chi connectivity index (χ4n) is 3.08. The van der Waals surface area contributed by atoms with Crippen LogP contribution in [-0.2, 0) is 6.54 Å². The van der Waals surface area contributed by atoms with E-state index in [4.69, 9.17) is 0 Å². The van der Waals surface area contributed by atoms with E-state index in [0.29, 0.717) is 6.54 Å². The highest BCUT2D eigenvalue weighted by Gasteiger charge is 2.41. The van der Waals surface area contributed by atoms with Crippen LogP contribution in [0, 0.1) is 10.1 Å². The minimum absolute atomic E-state index is 0.0232. The average Bonchev–Trinajstić information content (AvgIpc) is 3.02. The quantitative estimate of drug-likeness (QED) is 0.634. The van der Waals surface area contributed by atoms with Gasteiger partial charge >= 0.3 is 0 Å². The fraction of sp³-hybridized carbons (Fsp3) is 0.368. The van der Waals surface area contributed by atoms with Crippen molar-refractivity contribution in [3.63, 3.8) is 0 Å². The van der Waals surface area contributed by atoms with Gasteiger partial charge in [0.15, 0.2) is 0 Å². The summed E-state index contributed by atoms with van der Waals surface area (Å²) in [5, 5.41) is 11.4. The maximum absolute atomic E-state index is 11.4. The summed E-state index contributed by atoms with van der Waals surface area (Å²) < 4.78 is 0. The van der Waals surface area contributed by atoms with E-state index < -0.39 is 6.04 Å². The van der Waals surface area contributed by atoms with Crippen LogP contribution in [0.1, 0.15) is 30.9 Å².